The number of aryl methyl sites for hydroxylation is 1. The Kier molecular flexibility index (Phi) is 13.0. The molecule has 2 aromatic carbocycles. The second kappa shape index (κ2) is 15.4. The van der Waals surface area contributed by atoms with Gasteiger partial charge in [0.15, 0.2) is 0 Å². The molecule has 0 saturated carbocycles. The number of ether oxygens (including phenoxy) is 2. The molecular formula is C26H24Cl2NNaO4S. The number of benzene rings is 2. The number of methoxy groups -OCH3 is 1. The smallest absolute Gasteiger partial charge is 0.545 e. The van der Waals surface area contributed by atoms with Crippen molar-refractivity contribution in [2.24, 2.45) is 0 Å². The molecule has 0 N–H and O–H groups in total. The van der Waals surface area contributed by atoms with Crippen LogP contribution >= 0.6 is 35.0 Å². The standard InChI is InChI=1S/C26H25Cl2NO4S.Na/c1-32-21-9-5-18(6-10-21)4-2-3-15-33-24-12-8-20(29-23(24)11-14-26(30)31)17-34-25-13-7-19(27)16-22(25)28;/h5-14,16H,2-4,15,17H2,1H3,(H,30,31);/q;+1/p-1. The topological polar surface area (TPSA) is 71.5 Å². The van der Waals surface area contributed by atoms with Crippen molar-refractivity contribution in [3.05, 3.63) is 87.7 Å². The van der Waals surface area contributed by atoms with Crippen molar-refractivity contribution in [3.8, 4) is 11.5 Å². The Labute approximate surface area is 242 Å². The number of unbranched alkanes of at least 4 members (excludes halogenated alkanes) is 1. The maximum absolute atomic E-state index is 10.9. The van der Waals surface area contributed by atoms with Crippen LogP contribution in [0.3, 0.4) is 0 Å². The van der Waals surface area contributed by atoms with Crippen molar-refractivity contribution in [2.45, 2.75) is 29.9 Å². The number of nitrogens with zero attached hydrogens (tertiary/aromatic N) is 1. The molecule has 3 rings (SSSR count). The van der Waals surface area contributed by atoms with Crippen LogP contribution in [0.5, 0.6) is 11.5 Å². The van der Waals surface area contributed by atoms with Gasteiger partial charge < -0.3 is 19.4 Å². The van der Waals surface area contributed by atoms with Crippen molar-refractivity contribution in [1.82, 2.24) is 4.98 Å². The number of rotatable bonds is 12. The number of halogens is 2. The van der Waals surface area contributed by atoms with Gasteiger partial charge in [-0.15, -0.1) is 11.8 Å². The molecule has 178 valence electrons. The summed E-state index contributed by atoms with van der Waals surface area (Å²) in [6.07, 6.45) is 5.09. The van der Waals surface area contributed by atoms with E-state index in [0.29, 0.717) is 33.8 Å². The first-order valence-electron chi connectivity index (χ1n) is 10.7. The van der Waals surface area contributed by atoms with Crippen LogP contribution < -0.4 is 44.1 Å². The third-order valence-electron chi connectivity index (χ3n) is 4.87. The third kappa shape index (κ3) is 10.1. The van der Waals surface area contributed by atoms with Crippen LogP contribution in [0.1, 0.15) is 29.8 Å². The Morgan fingerprint density at radius 3 is 2.54 bits per heavy atom. The molecule has 1 aromatic heterocycles. The minimum atomic E-state index is -1.29. The molecule has 0 aliphatic rings. The van der Waals surface area contributed by atoms with E-state index in [2.05, 4.69) is 17.1 Å². The summed E-state index contributed by atoms with van der Waals surface area (Å²) in [4.78, 5) is 16.4. The molecule has 0 fully saturated rings. The summed E-state index contributed by atoms with van der Waals surface area (Å²) in [6, 6.07) is 17.0. The summed E-state index contributed by atoms with van der Waals surface area (Å²) in [5.74, 6) is 0.630. The van der Waals surface area contributed by atoms with Crippen molar-refractivity contribution in [3.63, 3.8) is 0 Å². The van der Waals surface area contributed by atoms with Crippen LogP contribution in [0.25, 0.3) is 6.08 Å². The summed E-state index contributed by atoms with van der Waals surface area (Å²) >= 11 is 13.7. The fourth-order valence-corrected chi connectivity index (χ4v) is 4.52. The first-order chi connectivity index (χ1) is 16.4. The van der Waals surface area contributed by atoms with Crippen molar-refractivity contribution >= 4 is 47.0 Å². The first-order valence-corrected chi connectivity index (χ1v) is 12.4. The van der Waals surface area contributed by atoms with Crippen LogP contribution in [0, 0.1) is 0 Å². The van der Waals surface area contributed by atoms with E-state index in [1.54, 1.807) is 19.2 Å². The van der Waals surface area contributed by atoms with Gasteiger partial charge in [-0.1, -0.05) is 35.3 Å². The van der Waals surface area contributed by atoms with Crippen LogP contribution in [0.2, 0.25) is 10.0 Å². The van der Waals surface area contributed by atoms with Gasteiger partial charge in [-0.3, -0.25) is 0 Å². The second-order valence-electron chi connectivity index (χ2n) is 7.36. The summed E-state index contributed by atoms with van der Waals surface area (Å²) in [5.41, 5.74) is 2.45. The number of thioether (sulfide) groups is 1. The minimum Gasteiger partial charge on any atom is -0.545 e. The zero-order valence-electron chi connectivity index (χ0n) is 19.6. The fraction of sp³-hybridized carbons (Fsp3) is 0.231. The molecule has 0 spiro atoms. The monoisotopic (exact) mass is 539 g/mol. The molecule has 0 aliphatic carbocycles. The van der Waals surface area contributed by atoms with Crippen LogP contribution in [0.15, 0.2) is 65.6 Å². The molecule has 35 heavy (non-hydrogen) atoms. The van der Waals surface area contributed by atoms with Crippen LogP contribution in [-0.4, -0.2) is 24.7 Å². The maximum atomic E-state index is 10.9. The quantitative estimate of drug-likeness (QED) is 0.152. The van der Waals surface area contributed by atoms with E-state index < -0.39 is 5.97 Å². The van der Waals surface area contributed by atoms with Gasteiger partial charge in [0.25, 0.3) is 0 Å². The van der Waals surface area contributed by atoms with Gasteiger partial charge in [-0.25, -0.2) is 4.98 Å². The minimum absolute atomic E-state index is 0. The molecule has 1 heterocycles. The number of aliphatic carboxylic acids is 1. The molecular weight excluding hydrogens is 516 g/mol. The van der Waals surface area contributed by atoms with E-state index in [9.17, 15) is 9.90 Å². The molecule has 3 aromatic rings. The Morgan fingerprint density at radius 1 is 1.09 bits per heavy atom. The Morgan fingerprint density at radius 2 is 1.86 bits per heavy atom. The summed E-state index contributed by atoms with van der Waals surface area (Å²) in [6.45, 7) is 0.498. The van der Waals surface area contributed by atoms with Gasteiger partial charge in [0.05, 0.1) is 30.4 Å². The number of aromatic nitrogens is 1. The summed E-state index contributed by atoms with van der Waals surface area (Å²) in [7, 11) is 1.65. The van der Waals surface area contributed by atoms with E-state index in [0.717, 1.165) is 41.7 Å². The predicted molar refractivity (Wildman–Crippen MR) is 136 cm³/mol. The van der Waals surface area contributed by atoms with E-state index >= 15 is 0 Å². The molecule has 0 unspecified atom stereocenters. The molecule has 0 amide bonds. The van der Waals surface area contributed by atoms with E-state index in [4.69, 9.17) is 32.7 Å². The third-order valence-corrected chi connectivity index (χ3v) is 6.63. The van der Waals surface area contributed by atoms with Crippen LogP contribution in [-0.2, 0) is 17.0 Å². The second-order valence-corrected chi connectivity index (χ2v) is 9.22. The average Bonchev–Trinajstić information content (AvgIpc) is 2.83. The van der Waals surface area contributed by atoms with E-state index in [-0.39, 0.29) is 29.6 Å². The van der Waals surface area contributed by atoms with Gasteiger partial charge in [0.1, 0.15) is 17.2 Å². The van der Waals surface area contributed by atoms with Gasteiger partial charge in [-0.2, -0.15) is 0 Å². The molecule has 9 heteroatoms. The van der Waals surface area contributed by atoms with E-state index in [1.807, 2.05) is 30.3 Å². The fourth-order valence-electron chi connectivity index (χ4n) is 3.12. The van der Waals surface area contributed by atoms with Gasteiger partial charge in [-0.05, 0) is 79.4 Å². The van der Waals surface area contributed by atoms with Crippen molar-refractivity contribution in [1.29, 1.82) is 0 Å². The summed E-state index contributed by atoms with van der Waals surface area (Å²) < 4.78 is 11.1. The molecule has 0 atom stereocenters. The van der Waals surface area contributed by atoms with Crippen molar-refractivity contribution in [2.75, 3.05) is 13.7 Å². The normalized spacial score (nSPS) is 10.7. The number of hydrogen-bond acceptors (Lipinski definition) is 6. The number of carboxylic acids is 1. The Balaban J connectivity index is 0.00000432. The average molecular weight is 540 g/mol. The number of pyridine rings is 1. The molecule has 0 bridgehead atoms. The maximum Gasteiger partial charge on any atom is 1.00 e. The zero-order valence-corrected chi connectivity index (χ0v) is 24.0. The molecule has 5 nitrogen and oxygen atoms in total. The molecule has 0 radical (unpaired) electrons. The summed E-state index contributed by atoms with van der Waals surface area (Å²) in [5, 5.41) is 12.1. The van der Waals surface area contributed by atoms with E-state index in [1.165, 1.54) is 23.4 Å². The largest absolute Gasteiger partial charge is 1.00 e. The van der Waals surface area contributed by atoms with Crippen molar-refractivity contribution < 1.29 is 48.9 Å². The number of hydrogen-bond donors (Lipinski definition) is 0. The molecule has 0 aliphatic heterocycles. The SMILES string of the molecule is COc1ccc(CCCCOc2ccc(CSc3ccc(Cl)cc3Cl)nc2C=CC(=O)[O-])cc1.[Na+]. The number of carbonyl (C=O) groups excluding carboxylic acids is 1. The van der Waals surface area contributed by atoms with Gasteiger partial charge in [0.2, 0.25) is 0 Å². The van der Waals surface area contributed by atoms with Crippen LogP contribution in [0.4, 0.5) is 0 Å². The van der Waals surface area contributed by atoms with Gasteiger partial charge in [0, 0.05) is 15.7 Å². The Bertz CT molecular complexity index is 1140. The first kappa shape index (κ1) is 29.6. The number of carbonyl (C=O) groups is 1. The zero-order chi connectivity index (χ0) is 24.3. The number of carboxylic acid groups (broad SMARTS) is 1. The van der Waals surface area contributed by atoms with Gasteiger partial charge >= 0.3 is 29.6 Å². The predicted octanol–water partition coefficient (Wildman–Crippen LogP) is 2.86. The molecule has 0 saturated heterocycles. The Hall–Kier alpha value is -1.67.